The predicted molar refractivity (Wildman–Crippen MR) is 97.8 cm³/mol. The quantitative estimate of drug-likeness (QED) is 0.648. The molecule has 3 nitrogen and oxygen atoms in total. The molecule has 3 aromatic rings. The van der Waals surface area contributed by atoms with Gasteiger partial charge in [0.25, 0.3) is 0 Å². The molecule has 0 aliphatic carbocycles. The lowest BCUT2D eigenvalue weighted by Gasteiger charge is -2.23. The van der Waals surface area contributed by atoms with Gasteiger partial charge in [-0.15, -0.1) is 0 Å². The monoisotopic (exact) mass is 320 g/mol. The van der Waals surface area contributed by atoms with Crippen molar-refractivity contribution in [3.8, 4) is 5.75 Å². The summed E-state index contributed by atoms with van der Waals surface area (Å²) in [5.74, 6) is 0.899. The van der Waals surface area contributed by atoms with Gasteiger partial charge >= 0.3 is 0 Å². The molecule has 24 heavy (non-hydrogen) atoms. The van der Waals surface area contributed by atoms with E-state index in [1.807, 2.05) is 12.1 Å². The molecule has 0 bridgehead atoms. The molecule has 124 valence electrons. The highest BCUT2D eigenvalue weighted by molar-refractivity contribution is 5.27. The molecule has 0 radical (unpaired) electrons. The van der Waals surface area contributed by atoms with Gasteiger partial charge in [0.15, 0.2) is 0 Å². The van der Waals surface area contributed by atoms with Crippen molar-refractivity contribution >= 4 is 0 Å². The Bertz CT molecular complexity index is 747. The second-order valence-corrected chi connectivity index (χ2v) is 6.09. The van der Waals surface area contributed by atoms with Crippen molar-refractivity contribution in [2.75, 3.05) is 7.11 Å². The van der Waals surface area contributed by atoms with E-state index in [0.29, 0.717) is 0 Å². The van der Waals surface area contributed by atoms with Crippen molar-refractivity contribution in [1.82, 2.24) is 9.47 Å². The number of nitrogens with zero attached hydrogens (tertiary/aromatic N) is 2. The van der Waals surface area contributed by atoms with Crippen LogP contribution in [0.25, 0.3) is 0 Å². The second kappa shape index (κ2) is 7.84. The highest BCUT2D eigenvalue weighted by Crippen LogP contribution is 2.17. The first-order valence-electron chi connectivity index (χ1n) is 8.24. The molecular formula is C21H24N2O. The van der Waals surface area contributed by atoms with Crippen LogP contribution in [-0.4, -0.2) is 16.6 Å². The van der Waals surface area contributed by atoms with Crippen LogP contribution in [0.4, 0.5) is 0 Å². The minimum Gasteiger partial charge on any atom is -0.497 e. The summed E-state index contributed by atoms with van der Waals surface area (Å²) in [6, 6.07) is 23.3. The van der Waals surface area contributed by atoms with Gasteiger partial charge in [0.1, 0.15) is 5.75 Å². The van der Waals surface area contributed by atoms with Gasteiger partial charge in [-0.2, -0.15) is 0 Å². The fourth-order valence-electron chi connectivity index (χ4n) is 2.89. The summed E-state index contributed by atoms with van der Waals surface area (Å²) in [7, 11) is 3.80. The van der Waals surface area contributed by atoms with Crippen LogP contribution in [0.1, 0.15) is 16.8 Å². The maximum atomic E-state index is 5.25. The third-order valence-electron chi connectivity index (χ3n) is 4.25. The normalized spacial score (nSPS) is 11.0. The Hall–Kier alpha value is -2.52. The molecule has 0 saturated heterocycles. The highest BCUT2D eigenvalue weighted by atomic mass is 16.5. The zero-order valence-corrected chi connectivity index (χ0v) is 14.4. The van der Waals surface area contributed by atoms with Crippen LogP contribution in [-0.2, 0) is 26.7 Å². The number of benzene rings is 2. The van der Waals surface area contributed by atoms with E-state index in [1.54, 1.807) is 7.11 Å². The second-order valence-electron chi connectivity index (χ2n) is 6.09. The van der Waals surface area contributed by atoms with Crippen molar-refractivity contribution in [1.29, 1.82) is 0 Å². The summed E-state index contributed by atoms with van der Waals surface area (Å²) < 4.78 is 7.44. The van der Waals surface area contributed by atoms with Crippen LogP contribution in [0.5, 0.6) is 5.75 Å². The van der Waals surface area contributed by atoms with E-state index in [0.717, 1.165) is 25.4 Å². The smallest absolute Gasteiger partial charge is 0.118 e. The van der Waals surface area contributed by atoms with Crippen molar-refractivity contribution in [2.45, 2.75) is 19.6 Å². The maximum absolute atomic E-state index is 5.25. The number of aromatic nitrogens is 1. The molecule has 0 amide bonds. The Morgan fingerprint density at radius 1 is 0.792 bits per heavy atom. The molecule has 0 N–H and O–H groups in total. The minimum absolute atomic E-state index is 0.899. The van der Waals surface area contributed by atoms with Gasteiger partial charge < -0.3 is 9.30 Å². The Kier molecular flexibility index (Phi) is 5.34. The Labute approximate surface area is 144 Å². The average Bonchev–Trinajstić information content (AvgIpc) is 3.01. The number of aryl methyl sites for hydroxylation is 1. The van der Waals surface area contributed by atoms with Crippen molar-refractivity contribution < 1.29 is 4.74 Å². The molecule has 0 saturated carbocycles. The number of rotatable bonds is 7. The van der Waals surface area contributed by atoms with E-state index in [4.69, 9.17) is 4.74 Å². The Morgan fingerprint density at radius 3 is 2.04 bits per heavy atom. The van der Waals surface area contributed by atoms with E-state index in [2.05, 4.69) is 77.3 Å². The number of ether oxygens (including phenoxy) is 1. The van der Waals surface area contributed by atoms with E-state index < -0.39 is 0 Å². The third-order valence-corrected chi connectivity index (χ3v) is 4.25. The fourth-order valence-corrected chi connectivity index (χ4v) is 2.89. The summed E-state index contributed by atoms with van der Waals surface area (Å²) in [5, 5.41) is 0. The van der Waals surface area contributed by atoms with Crippen LogP contribution >= 0.6 is 0 Å². The van der Waals surface area contributed by atoms with Gasteiger partial charge in [-0.25, -0.2) is 0 Å². The first-order valence-corrected chi connectivity index (χ1v) is 8.24. The first kappa shape index (κ1) is 16.3. The van der Waals surface area contributed by atoms with Gasteiger partial charge in [-0.1, -0.05) is 42.5 Å². The summed E-state index contributed by atoms with van der Waals surface area (Å²) >= 11 is 0. The molecule has 0 fully saturated rings. The van der Waals surface area contributed by atoms with Crippen LogP contribution in [0.2, 0.25) is 0 Å². The van der Waals surface area contributed by atoms with Gasteiger partial charge in [0.2, 0.25) is 0 Å². The lowest BCUT2D eigenvalue weighted by atomic mass is 10.1. The van der Waals surface area contributed by atoms with Crippen molar-refractivity contribution in [3.05, 3.63) is 89.7 Å². The number of methoxy groups -OCH3 is 1. The third kappa shape index (κ3) is 4.27. The molecule has 1 aromatic heterocycles. The predicted octanol–water partition coefficient (Wildman–Crippen LogP) is 4.24. The number of hydrogen-bond donors (Lipinski definition) is 0. The molecule has 0 aliphatic rings. The van der Waals surface area contributed by atoms with Gasteiger partial charge in [-0.3, -0.25) is 4.90 Å². The molecule has 0 aliphatic heterocycles. The summed E-state index contributed by atoms with van der Waals surface area (Å²) in [6.07, 6.45) is 2.10. The van der Waals surface area contributed by atoms with Crippen LogP contribution in [0.3, 0.4) is 0 Å². The molecule has 1 heterocycles. The van der Waals surface area contributed by atoms with E-state index in [-0.39, 0.29) is 0 Å². The molecule has 3 rings (SSSR count). The van der Waals surface area contributed by atoms with Crippen LogP contribution in [0.15, 0.2) is 72.9 Å². The molecule has 0 spiro atoms. The van der Waals surface area contributed by atoms with E-state index in [9.17, 15) is 0 Å². The molecule has 0 unspecified atom stereocenters. The van der Waals surface area contributed by atoms with Crippen molar-refractivity contribution in [2.24, 2.45) is 7.05 Å². The van der Waals surface area contributed by atoms with Crippen LogP contribution in [0, 0.1) is 0 Å². The largest absolute Gasteiger partial charge is 0.497 e. The average molecular weight is 320 g/mol. The zero-order valence-electron chi connectivity index (χ0n) is 14.4. The summed E-state index contributed by atoms with van der Waals surface area (Å²) in [5.41, 5.74) is 3.95. The topological polar surface area (TPSA) is 17.4 Å². The SMILES string of the molecule is COc1ccc(CN(Cc2ccccc2)Cc2cccn2C)cc1. The van der Waals surface area contributed by atoms with E-state index in [1.165, 1.54) is 16.8 Å². The Balaban J connectivity index is 1.76. The van der Waals surface area contributed by atoms with E-state index >= 15 is 0 Å². The molecule has 2 aromatic carbocycles. The fraction of sp³-hybridized carbons (Fsp3) is 0.238. The van der Waals surface area contributed by atoms with Gasteiger partial charge in [0.05, 0.1) is 7.11 Å². The lowest BCUT2D eigenvalue weighted by molar-refractivity contribution is 0.242. The van der Waals surface area contributed by atoms with Crippen LogP contribution < -0.4 is 4.74 Å². The van der Waals surface area contributed by atoms with Gasteiger partial charge in [-0.05, 0) is 35.4 Å². The minimum atomic E-state index is 0.899. The zero-order chi connectivity index (χ0) is 16.8. The number of hydrogen-bond acceptors (Lipinski definition) is 2. The molecule has 3 heteroatoms. The Morgan fingerprint density at radius 2 is 1.46 bits per heavy atom. The first-order chi connectivity index (χ1) is 11.7. The molecular weight excluding hydrogens is 296 g/mol. The lowest BCUT2D eigenvalue weighted by Crippen LogP contribution is -2.23. The molecule has 0 atom stereocenters. The standard InChI is InChI=1S/C21H24N2O/c1-22-14-6-9-20(22)17-23(15-18-7-4-3-5-8-18)16-19-10-12-21(24-2)13-11-19/h3-14H,15-17H2,1-2H3. The highest BCUT2D eigenvalue weighted by Gasteiger charge is 2.10. The van der Waals surface area contributed by atoms with Gasteiger partial charge in [0, 0.05) is 38.6 Å². The summed E-state index contributed by atoms with van der Waals surface area (Å²) in [6.45, 7) is 2.76. The maximum Gasteiger partial charge on any atom is 0.118 e. The summed E-state index contributed by atoms with van der Waals surface area (Å²) in [4.78, 5) is 2.46. The van der Waals surface area contributed by atoms with Crippen molar-refractivity contribution in [3.63, 3.8) is 0 Å².